The minimum Gasteiger partial charge on any atom is -0.426 e. The van der Waals surface area contributed by atoms with Gasteiger partial charge in [0.25, 0.3) is 0 Å². The molecule has 0 aliphatic heterocycles. The van der Waals surface area contributed by atoms with Gasteiger partial charge in [0.2, 0.25) is 0 Å². The molecular weight excluding hydrogens is 340 g/mol. The van der Waals surface area contributed by atoms with E-state index in [1.165, 1.54) is 0 Å². The molecule has 0 bridgehead atoms. The number of benzene rings is 3. The predicted molar refractivity (Wildman–Crippen MR) is 92.0 cm³/mol. The monoisotopic (exact) mass is 354 g/mol. The van der Waals surface area contributed by atoms with Gasteiger partial charge in [-0.05, 0) is 47.0 Å². The molecule has 0 aliphatic rings. The van der Waals surface area contributed by atoms with E-state index in [2.05, 4.69) is 15.9 Å². The van der Waals surface area contributed by atoms with Gasteiger partial charge in [0.1, 0.15) is 5.75 Å². The number of esters is 1. The lowest BCUT2D eigenvalue weighted by atomic mass is 10.1. The summed E-state index contributed by atoms with van der Waals surface area (Å²) in [4.78, 5) is 11.9. The number of rotatable bonds is 4. The molecular formula is C19H15BrO2. The van der Waals surface area contributed by atoms with Crippen LogP contribution in [0.5, 0.6) is 5.75 Å². The highest BCUT2D eigenvalue weighted by Crippen LogP contribution is 2.24. The highest BCUT2D eigenvalue weighted by Gasteiger charge is 2.06. The van der Waals surface area contributed by atoms with Crippen LogP contribution in [0.25, 0.3) is 10.8 Å². The molecule has 0 heterocycles. The zero-order chi connectivity index (χ0) is 15.4. The number of aryl methyl sites for hydroxylation is 1. The smallest absolute Gasteiger partial charge is 0.311 e. The maximum absolute atomic E-state index is 11.9. The van der Waals surface area contributed by atoms with Gasteiger partial charge in [-0.25, -0.2) is 0 Å². The lowest BCUT2D eigenvalue weighted by Crippen LogP contribution is -2.08. The van der Waals surface area contributed by atoms with Gasteiger partial charge in [0, 0.05) is 10.9 Å². The number of halogens is 1. The van der Waals surface area contributed by atoms with E-state index in [4.69, 9.17) is 4.74 Å². The number of fused-ring (bicyclic) bond motifs is 1. The minimum atomic E-state index is -0.208. The van der Waals surface area contributed by atoms with E-state index in [-0.39, 0.29) is 5.97 Å². The summed E-state index contributed by atoms with van der Waals surface area (Å²) >= 11 is 3.45. The van der Waals surface area contributed by atoms with Crippen molar-refractivity contribution >= 4 is 32.7 Å². The number of hydrogen-bond acceptors (Lipinski definition) is 2. The molecule has 0 amide bonds. The Balaban J connectivity index is 1.65. The molecule has 0 aromatic heterocycles. The maximum atomic E-state index is 11.9. The van der Waals surface area contributed by atoms with Crippen molar-refractivity contribution in [3.8, 4) is 5.75 Å². The molecule has 3 heteroatoms. The lowest BCUT2D eigenvalue weighted by molar-refractivity contribution is -0.134. The Morgan fingerprint density at radius 2 is 1.64 bits per heavy atom. The van der Waals surface area contributed by atoms with E-state index in [0.29, 0.717) is 18.6 Å². The van der Waals surface area contributed by atoms with Crippen LogP contribution in [0.2, 0.25) is 0 Å². The Kier molecular flexibility index (Phi) is 4.54. The third-order valence-electron chi connectivity index (χ3n) is 3.47. The average Bonchev–Trinajstić information content (AvgIpc) is 2.54. The molecule has 3 rings (SSSR count). The number of carbonyl (C=O) groups is 1. The first-order chi connectivity index (χ1) is 10.7. The molecule has 0 N–H and O–H groups in total. The summed E-state index contributed by atoms with van der Waals surface area (Å²) in [6, 6.07) is 21.6. The molecule has 0 atom stereocenters. The summed E-state index contributed by atoms with van der Waals surface area (Å²) in [5, 5.41) is 2.16. The normalized spacial score (nSPS) is 10.6. The standard InChI is InChI=1S/C19H15BrO2/c20-17-9-7-16-13-18(10-8-15(16)12-17)22-19(21)11-6-14-4-2-1-3-5-14/h1-5,7-10,12-13H,6,11H2. The zero-order valence-corrected chi connectivity index (χ0v) is 13.5. The van der Waals surface area contributed by atoms with Crippen LogP contribution >= 0.6 is 15.9 Å². The van der Waals surface area contributed by atoms with Crippen LogP contribution in [-0.2, 0) is 11.2 Å². The van der Waals surface area contributed by atoms with Crippen LogP contribution in [0.3, 0.4) is 0 Å². The van der Waals surface area contributed by atoms with Crippen molar-refractivity contribution in [2.75, 3.05) is 0 Å². The van der Waals surface area contributed by atoms with Crippen LogP contribution in [0, 0.1) is 0 Å². The molecule has 22 heavy (non-hydrogen) atoms. The third-order valence-corrected chi connectivity index (χ3v) is 3.96. The first-order valence-corrected chi connectivity index (χ1v) is 7.94. The molecule has 2 nitrogen and oxygen atoms in total. The second-order valence-electron chi connectivity index (χ2n) is 5.11. The molecule has 0 fully saturated rings. The Labute approximate surface area is 137 Å². The van der Waals surface area contributed by atoms with Gasteiger partial charge >= 0.3 is 5.97 Å². The van der Waals surface area contributed by atoms with E-state index < -0.39 is 0 Å². The van der Waals surface area contributed by atoms with Gasteiger partial charge in [-0.1, -0.05) is 58.4 Å². The Morgan fingerprint density at radius 1 is 0.909 bits per heavy atom. The third kappa shape index (κ3) is 3.74. The number of ether oxygens (including phenoxy) is 1. The van der Waals surface area contributed by atoms with Crippen molar-refractivity contribution in [2.45, 2.75) is 12.8 Å². The SMILES string of the molecule is O=C(CCc1ccccc1)Oc1ccc2cc(Br)ccc2c1. The second-order valence-corrected chi connectivity index (χ2v) is 6.03. The zero-order valence-electron chi connectivity index (χ0n) is 12.0. The van der Waals surface area contributed by atoms with Crippen LogP contribution in [0.4, 0.5) is 0 Å². The lowest BCUT2D eigenvalue weighted by Gasteiger charge is -2.06. The second kappa shape index (κ2) is 6.75. The summed E-state index contributed by atoms with van der Waals surface area (Å²) in [7, 11) is 0. The van der Waals surface area contributed by atoms with Gasteiger partial charge in [0.05, 0.1) is 0 Å². The van der Waals surface area contributed by atoms with Crippen molar-refractivity contribution in [1.29, 1.82) is 0 Å². The van der Waals surface area contributed by atoms with Crippen molar-refractivity contribution in [3.63, 3.8) is 0 Å². The van der Waals surface area contributed by atoms with Gasteiger partial charge < -0.3 is 4.74 Å². The molecule has 0 radical (unpaired) electrons. The van der Waals surface area contributed by atoms with Crippen LogP contribution in [0.1, 0.15) is 12.0 Å². The molecule has 0 unspecified atom stereocenters. The molecule has 0 saturated carbocycles. The summed E-state index contributed by atoms with van der Waals surface area (Å²) in [5.74, 6) is 0.383. The molecule has 0 saturated heterocycles. The van der Waals surface area contributed by atoms with E-state index in [0.717, 1.165) is 20.8 Å². The summed E-state index contributed by atoms with van der Waals surface area (Å²) in [6.07, 6.45) is 1.07. The first-order valence-electron chi connectivity index (χ1n) is 7.15. The molecule has 0 aliphatic carbocycles. The van der Waals surface area contributed by atoms with Crippen molar-refractivity contribution in [3.05, 3.63) is 76.8 Å². The topological polar surface area (TPSA) is 26.3 Å². The fourth-order valence-electron chi connectivity index (χ4n) is 2.33. The predicted octanol–water partition coefficient (Wildman–Crippen LogP) is 5.14. The summed E-state index contributed by atoms with van der Waals surface area (Å²) in [5.41, 5.74) is 1.14. The highest BCUT2D eigenvalue weighted by atomic mass is 79.9. The average molecular weight is 355 g/mol. The summed E-state index contributed by atoms with van der Waals surface area (Å²) in [6.45, 7) is 0. The number of carbonyl (C=O) groups excluding carboxylic acids is 1. The van der Waals surface area contributed by atoms with Gasteiger partial charge in [0.15, 0.2) is 0 Å². The maximum Gasteiger partial charge on any atom is 0.311 e. The van der Waals surface area contributed by atoms with Gasteiger partial charge in [-0.2, -0.15) is 0 Å². The highest BCUT2D eigenvalue weighted by molar-refractivity contribution is 9.10. The van der Waals surface area contributed by atoms with Crippen molar-refractivity contribution < 1.29 is 9.53 Å². The Hall–Kier alpha value is -2.13. The van der Waals surface area contributed by atoms with Gasteiger partial charge in [-0.3, -0.25) is 4.79 Å². The van der Waals surface area contributed by atoms with Crippen molar-refractivity contribution in [1.82, 2.24) is 0 Å². The molecule has 3 aromatic carbocycles. The van der Waals surface area contributed by atoms with E-state index in [9.17, 15) is 4.79 Å². The van der Waals surface area contributed by atoms with Crippen LogP contribution in [-0.4, -0.2) is 5.97 Å². The Bertz CT molecular complexity index is 797. The van der Waals surface area contributed by atoms with Crippen molar-refractivity contribution in [2.24, 2.45) is 0 Å². The molecule has 3 aromatic rings. The number of hydrogen-bond donors (Lipinski definition) is 0. The fourth-order valence-corrected chi connectivity index (χ4v) is 2.71. The summed E-state index contributed by atoms with van der Waals surface area (Å²) < 4.78 is 6.46. The van der Waals surface area contributed by atoms with Gasteiger partial charge in [-0.15, -0.1) is 0 Å². The van der Waals surface area contributed by atoms with E-state index in [1.54, 1.807) is 0 Å². The Morgan fingerprint density at radius 3 is 2.45 bits per heavy atom. The molecule has 0 spiro atoms. The van der Waals surface area contributed by atoms with Crippen LogP contribution in [0.15, 0.2) is 71.2 Å². The van der Waals surface area contributed by atoms with E-state index >= 15 is 0 Å². The van der Waals surface area contributed by atoms with E-state index in [1.807, 2.05) is 66.7 Å². The van der Waals surface area contributed by atoms with Crippen LogP contribution < -0.4 is 4.74 Å². The largest absolute Gasteiger partial charge is 0.426 e. The fraction of sp³-hybridized carbons (Fsp3) is 0.105. The molecule has 110 valence electrons. The first kappa shape index (κ1) is 14.8. The minimum absolute atomic E-state index is 0.208. The quantitative estimate of drug-likeness (QED) is 0.478.